The molecule has 0 aromatic rings. The number of rotatable bonds is 6. The fourth-order valence-electron chi connectivity index (χ4n) is 2.33. The third-order valence-electron chi connectivity index (χ3n) is 3.59. The minimum Gasteiger partial charge on any atom is -0.389 e. The molecule has 1 aliphatic rings. The van der Waals surface area contributed by atoms with Gasteiger partial charge in [0.15, 0.2) is 0 Å². The van der Waals surface area contributed by atoms with Gasteiger partial charge >= 0.3 is 0 Å². The van der Waals surface area contributed by atoms with E-state index < -0.39 is 5.60 Å². The zero-order chi connectivity index (χ0) is 11.1. The van der Waals surface area contributed by atoms with Crippen LogP contribution in [0.25, 0.3) is 0 Å². The van der Waals surface area contributed by atoms with Crippen molar-refractivity contribution in [2.24, 2.45) is 5.92 Å². The summed E-state index contributed by atoms with van der Waals surface area (Å²) in [6, 6.07) is 0. The van der Waals surface area contributed by atoms with Crippen molar-refractivity contribution >= 4 is 0 Å². The van der Waals surface area contributed by atoms with Crippen molar-refractivity contribution in [2.75, 3.05) is 13.1 Å². The molecule has 1 saturated carbocycles. The van der Waals surface area contributed by atoms with Crippen molar-refractivity contribution in [3.63, 3.8) is 0 Å². The van der Waals surface area contributed by atoms with Crippen molar-refractivity contribution in [2.45, 2.75) is 51.0 Å². The monoisotopic (exact) mass is 211 g/mol. The Bertz CT molecular complexity index is 183. The van der Waals surface area contributed by atoms with Gasteiger partial charge in [0, 0.05) is 6.54 Å². The van der Waals surface area contributed by atoms with Crippen molar-refractivity contribution < 1.29 is 5.11 Å². The van der Waals surface area contributed by atoms with Crippen LogP contribution in [0, 0.1) is 5.92 Å². The fraction of sp³-hybridized carbons (Fsp3) is 0.846. The van der Waals surface area contributed by atoms with Crippen molar-refractivity contribution in [1.82, 2.24) is 5.32 Å². The molecule has 0 amide bonds. The molecule has 0 spiro atoms. The van der Waals surface area contributed by atoms with E-state index in [1.54, 1.807) is 0 Å². The molecule has 0 atom stereocenters. The van der Waals surface area contributed by atoms with Crippen molar-refractivity contribution in [3.8, 4) is 0 Å². The lowest BCUT2D eigenvalue weighted by Gasteiger charge is -2.36. The lowest BCUT2D eigenvalue weighted by molar-refractivity contribution is -0.00831. The summed E-state index contributed by atoms with van der Waals surface area (Å²) in [5.41, 5.74) is -0.438. The van der Waals surface area contributed by atoms with Crippen LogP contribution in [0.3, 0.4) is 0 Å². The standard InChI is InChI=1S/C13H25NO/c1-3-5-10-14-11-13(15)8-6-12(4-2)7-9-13/h3,12,14-15H,1,4-11H2,2H3. The molecule has 15 heavy (non-hydrogen) atoms. The Balaban J connectivity index is 2.19. The van der Waals surface area contributed by atoms with E-state index in [2.05, 4.69) is 18.8 Å². The minimum absolute atomic E-state index is 0.438. The lowest BCUT2D eigenvalue weighted by atomic mass is 9.78. The molecule has 1 rings (SSSR count). The predicted octanol–water partition coefficient (Wildman–Crippen LogP) is 2.48. The van der Waals surface area contributed by atoms with Gasteiger partial charge in [-0.25, -0.2) is 0 Å². The van der Waals surface area contributed by atoms with Gasteiger partial charge in [-0.1, -0.05) is 19.4 Å². The van der Waals surface area contributed by atoms with Gasteiger partial charge in [0.25, 0.3) is 0 Å². The van der Waals surface area contributed by atoms with E-state index in [1.165, 1.54) is 19.3 Å². The van der Waals surface area contributed by atoms with Gasteiger partial charge in [-0.15, -0.1) is 6.58 Å². The quantitative estimate of drug-likeness (QED) is 0.522. The van der Waals surface area contributed by atoms with Crippen LogP contribution < -0.4 is 5.32 Å². The molecule has 0 aromatic carbocycles. The van der Waals surface area contributed by atoms with Crippen molar-refractivity contribution in [1.29, 1.82) is 0 Å². The summed E-state index contributed by atoms with van der Waals surface area (Å²) < 4.78 is 0. The fourth-order valence-corrected chi connectivity index (χ4v) is 2.33. The minimum atomic E-state index is -0.438. The molecule has 0 unspecified atom stereocenters. The van der Waals surface area contributed by atoms with E-state index >= 15 is 0 Å². The highest BCUT2D eigenvalue weighted by atomic mass is 16.3. The normalized spacial score (nSPS) is 31.5. The summed E-state index contributed by atoms with van der Waals surface area (Å²) in [7, 11) is 0. The lowest BCUT2D eigenvalue weighted by Crippen LogP contribution is -2.43. The first-order chi connectivity index (χ1) is 7.20. The van der Waals surface area contributed by atoms with Gasteiger partial charge < -0.3 is 10.4 Å². The average molecular weight is 211 g/mol. The van der Waals surface area contributed by atoms with Gasteiger partial charge in [0.05, 0.1) is 5.60 Å². The van der Waals surface area contributed by atoms with Crippen LogP contribution in [-0.4, -0.2) is 23.8 Å². The molecule has 0 saturated heterocycles. The summed E-state index contributed by atoms with van der Waals surface area (Å²) in [4.78, 5) is 0. The summed E-state index contributed by atoms with van der Waals surface area (Å²) >= 11 is 0. The number of hydrogen-bond donors (Lipinski definition) is 2. The SMILES string of the molecule is C=CCCNCC1(O)CCC(CC)CC1. The first-order valence-corrected chi connectivity index (χ1v) is 6.24. The number of nitrogens with one attached hydrogen (secondary N) is 1. The van der Waals surface area contributed by atoms with E-state index in [9.17, 15) is 5.11 Å². The topological polar surface area (TPSA) is 32.3 Å². The van der Waals surface area contributed by atoms with Gasteiger partial charge in [-0.2, -0.15) is 0 Å². The third-order valence-corrected chi connectivity index (χ3v) is 3.59. The molecule has 0 heterocycles. The Kier molecular flexibility index (Phi) is 5.34. The van der Waals surface area contributed by atoms with Crippen LogP contribution >= 0.6 is 0 Å². The Labute approximate surface area is 93.8 Å². The first kappa shape index (κ1) is 12.7. The molecule has 0 aliphatic heterocycles. The highest BCUT2D eigenvalue weighted by molar-refractivity contribution is 4.87. The molecule has 1 aliphatic carbocycles. The first-order valence-electron chi connectivity index (χ1n) is 6.24. The van der Waals surface area contributed by atoms with Crippen LogP contribution in [0.2, 0.25) is 0 Å². The maximum atomic E-state index is 10.3. The summed E-state index contributed by atoms with van der Waals surface area (Å²) in [6.45, 7) is 7.61. The van der Waals surface area contributed by atoms with E-state index in [1.807, 2.05) is 6.08 Å². The second kappa shape index (κ2) is 6.29. The summed E-state index contributed by atoms with van der Waals surface area (Å²) in [6.07, 6.45) is 8.46. The Hall–Kier alpha value is -0.340. The largest absolute Gasteiger partial charge is 0.389 e. The van der Waals surface area contributed by atoms with Crippen LogP contribution in [0.15, 0.2) is 12.7 Å². The number of hydrogen-bond acceptors (Lipinski definition) is 2. The second-order valence-electron chi connectivity index (χ2n) is 4.83. The summed E-state index contributed by atoms with van der Waals surface area (Å²) in [5, 5.41) is 13.6. The van der Waals surface area contributed by atoms with Crippen LogP contribution in [0.1, 0.15) is 45.4 Å². The molecule has 0 radical (unpaired) electrons. The highest BCUT2D eigenvalue weighted by Gasteiger charge is 2.31. The van der Waals surface area contributed by atoms with E-state index in [0.29, 0.717) is 0 Å². The third kappa shape index (κ3) is 4.35. The van der Waals surface area contributed by atoms with E-state index in [-0.39, 0.29) is 0 Å². The zero-order valence-corrected chi connectivity index (χ0v) is 9.97. The maximum Gasteiger partial charge on any atom is 0.0771 e. The molecule has 2 N–H and O–H groups in total. The van der Waals surface area contributed by atoms with E-state index in [4.69, 9.17) is 0 Å². The van der Waals surface area contributed by atoms with Gasteiger partial charge in [0.1, 0.15) is 0 Å². The molecule has 1 fully saturated rings. The van der Waals surface area contributed by atoms with Crippen LogP contribution in [-0.2, 0) is 0 Å². The molecule has 2 nitrogen and oxygen atoms in total. The van der Waals surface area contributed by atoms with Gasteiger partial charge in [-0.3, -0.25) is 0 Å². The molecular formula is C13H25NO. The zero-order valence-electron chi connectivity index (χ0n) is 9.97. The average Bonchev–Trinajstić information content (AvgIpc) is 2.26. The van der Waals surface area contributed by atoms with Gasteiger partial charge in [0.2, 0.25) is 0 Å². The molecular weight excluding hydrogens is 186 g/mol. The van der Waals surface area contributed by atoms with Gasteiger partial charge in [-0.05, 0) is 44.6 Å². The Morgan fingerprint density at radius 2 is 2.13 bits per heavy atom. The molecule has 2 heteroatoms. The summed E-state index contributed by atoms with van der Waals surface area (Å²) in [5.74, 6) is 0.846. The Morgan fingerprint density at radius 3 is 2.67 bits per heavy atom. The van der Waals surface area contributed by atoms with Crippen molar-refractivity contribution in [3.05, 3.63) is 12.7 Å². The van der Waals surface area contributed by atoms with Crippen LogP contribution in [0.4, 0.5) is 0 Å². The second-order valence-corrected chi connectivity index (χ2v) is 4.83. The van der Waals surface area contributed by atoms with E-state index in [0.717, 1.165) is 38.3 Å². The molecule has 88 valence electrons. The smallest absolute Gasteiger partial charge is 0.0771 e. The maximum absolute atomic E-state index is 10.3. The number of aliphatic hydroxyl groups is 1. The molecule has 0 bridgehead atoms. The molecule has 0 aromatic heterocycles. The van der Waals surface area contributed by atoms with Crippen LogP contribution in [0.5, 0.6) is 0 Å². The highest BCUT2D eigenvalue weighted by Crippen LogP contribution is 2.33. The Morgan fingerprint density at radius 1 is 1.47 bits per heavy atom. The predicted molar refractivity (Wildman–Crippen MR) is 64.9 cm³/mol.